The highest BCUT2D eigenvalue weighted by Crippen LogP contribution is 2.21. The Labute approximate surface area is 110 Å². The van der Waals surface area contributed by atoms with Crippen LogP contribution >= 0.6 is 11.3 Å². The number of nitrogens with one attached hydrogen (secondary N) is 1. The Morgan fingerprint density at radius 1 is 1.39 bits per heavy atom. The minimum Gasteiger partial charge on any atom is -0.444 e. The lowest BCUT2D eigenvalue weighted by Gasteiger charge is -2.19. The number of hydrogen-bond acceptors (Lipinski definition) is 4. The average Bonchev–Trinajstić information content (AvgIpc) is 2.66. The Morgan fingerprint density at radius 2 is 2.11 bits per heavy atom. The molecule has 1 aromatic heterocycles. The average molecular weight is 264 g/mol. The van der Waals surface area contributed by atoms with E-state index in [0.717, 1.165) is 15.2 Å². The lowest BCUT2D eigenvalue weighted by Crippen LogP contribution is -2.32. The third kappa shape index (κ3) is 3.43. The van der Waals surface area contributed by atoms with Crippen LogP contribution in [0.1, 0.15) is 25.8 Å². The number of carbonyl (C=O) groups excluding carboxylic acids is 1. The molecule has 4 nitrogen and oxygen atoms in total. The highest BCUT2D eigenvalue weighted by atomic mass is 32.1. The Balaban J connectivity index is 1.96. The first kappa shape index (κ1) is 12.8. The van der Waals surface area contributed by atoms with Gasteiger partial charge in [-0.15, -0.1) is 11.3 Å². The van der Waals surface area contributed by atoms with E-state index in [1.54, 1.807) is 11.3 Å². The van der Waals surface area contributed by atoms with Gasteiger partial charge in [-0.05, 0) is 32.9 Å². The van der Waals surface area contributed by atoms with Crippen LogP contribution in [0.5, 0.6) is 0 Å². The summed E-state index contributed by atoms with van der Waals surface area (Å²) in [6.07, 6.45) is -0.415. The zero-order valence-electron chi connectivity index (χ0n) is 10.7. The summed E-state index contributed by atoms with van der Waals surface area (Å²) in [7, 11) is 0. The van der Waals surface area contributed by atoms with Crippen LogP contribution in [-0.2, 0) is 11.3 Å². The highest BCUT2D eigenvalue weighted by molar-refractivity contribution is 7.18. The van der Waals surface area contributed by atoms with Crippen LogP contribution in [0.3, 0.4) is 0 Å². The van der Waals surface area contributed by atoms with E-state index >= 15 is 0 Å². The molecule has 18 heavy (non-hydrogen) atoms. The molecule has 96 valence electrons. The minimum absolute atomic E-state index is 0.397. The summed E-state index contributed by atoms with van der Waals surface area (Å²) in [6.45, 7) is 5.91. The lowest BCUT2D eigenvalue weighted by atomic mass is 10.2. The highest BCUT2D eigenvalue weighted by Gasteiger charge is 2.16. The fourth-order valence-electron chi connectivity index (χ4n) is 1.46. The molecule has 1 N–H and O–H groups in total. The van der Waals surface area contributed by atoms with E-state index in [1.807, 2.05) is 45.0 Å². The maximum Gasteiger partial charge on any atom is 0.408 e. The Kier molecular flexibility index (Phi) is 3.52. The first-order valence-corrected chi connectivity index (χ1v) is 6.57. The largest absolute Gasteiger partial charge is 0.444 e. The van der Waals surface area contributed by atoms with Crippen molar-refractivity contribution in [3.8, 4) is 0 Å². The molecule has 2 rings (SSSR count). The Bertz CT molecular complexity index is 524. The topological polar surface area (TPSA) is 51.2 Å². The molecule has 0 aliphatic heterocycles. The van der Waals surface area contributed by atoms with Gasteiger partial charge in [-0.3, -0.25) is 0 Å². The summed E-state index contributed by atoms with van der Waals surface area (Å²) in [6, 6.07) is 7.91. The predicted octanol–water partition coefficient (Wildman–Crippen LogP) is 3.32. The van der Waals surface area contributed by atoms with Gasteiger partial charge in [0.25, 0.3) is 0 Å². The smallest absolute Gasteiger partial charge is 0.408 e. The van der Waals surface area contributed by atoms with Gasteiger partial charge in [0.2, 0.25) is 0 Å². The molecule has 0 aliphatic rings. The third-order valence-corrected chi connectivity index (χ3v) is 3.16. The molecular weight excluding hydrogens is 248 g/mol. The molecule has 1 amide bonds. The van der Waals surface area contributed by atoms with Crippen molar-refractivity contribution >= 4 is 27.6 Å². The molecule has 0 spiro atoms. The fourth-order valence-corrected chi connectivity index (χ4v) is 2.36. The molecule has 0 saturated carbocycles. The molecule has 2 aromatic rings. The van der Waals surface area contributed by atoms with Crippen LogP contribution in [-0.4, -0.2) is 16.7 Å². The molecule has 0 bridgehead atoms. The number of hydrogen-bond donors (Lipinski definition) is 1. The van der Waals surface area contributed by atoms with Crippen molar-refractivity contribution in [2.75, 3.05) is 0 Å². The summed E-state index contributed by atoms with van der Waals surface area (Å²) in [4.78, 5) is 15.9. The van der Waals surface area contributed by atoms with Gasteiger partial charge in [0, 0.05) is 0 Å². The van der Waals surface area contributed by atoms with Crippen molar-refractivity contribution < 1.29 is 9.53 Å². The minimum atomic E-state index is -0.475. The molecule has 5 heteroatoms. The first-order chi connectivity index (χ1) is 8.44. The molecule has 1 heterocycles. The lowest BCUT2D eigenvalue weighted by molar-refractivity contribution is 0.0523. The summed E-state index contributed by atoms with van der Waals surface area (Å²) in [5.74, 6) is 0. The predicted molar refractivity (Wildman–Crippen MR) is 72.7 cm³/mol. The number of ether oxygens (including phenoxy) is 1. The quantitative estimate of drug-likeness (QED) is 0.905. The molecule has 1 aromatic carbocycles. The van der Waals surface area contributed by atoms with E-state index in [1.165, 1.54) is 0 Å². The molecule has 0 fully saturated rings. The summed E-state index contributed by atoms with van der Waals surface area (Å²) in [5.41, 5.74) is 0.487. The van der Waals surface area contributed by atoms with Crippen molar-refractivity contribution in [3.63, 3.8) is 0 Å². The van der Waals surface area contributed by atoms with E-state index in [4.69, 9.17) is 4.74 Å². The SMILES string of the molecule is CC(C)(C)OC(=O)NCc1nc2ccccc2s1. The van der Waals surface area contributed by atoms with E-state index in [-0.39, 0.29) is 0 Å². The van der Waals surface area contributed by atoms with Crippen LogP contribution in [0.4, 0.5) is 4.79 Å². The van der Waals surface area contributed by atoms with Crippen molar-refractivity contribution in [3.05, 3.63) is 29.3 Å². The number of aromatic nitrogens is 1. The number of rotatable bonds is 2. The number of benzene rings is 1. The molecule has 0 atom stereocenters. The standard InChI is InChI=1S/C13H16N2O2S/c1-13(2,3)17-12(16)14-8-11-15-9-6-4-5-7-10(9)18-11/h4-7H,8H2,1-3H3,(H,14,16). The van der Waals surface area contributed by atoms with Crippen LogP contribution in [0, 0.1) is 0 Å². The second-order valence-electron chi connectivity index (χ2n) is 4.93. The number of thiazole rings is 1. The van der Waals surface area contributed by atoms with E-state index in [9.17, 15) is 4.79 Å². The maximum absolute atomic E-state index is 11.5. The second-order valence-corrected chi connectivity index (χ2v) is 6.05. The zero-order valence-corrected chi connectivity index (χ0v) is 11.5. The number of alkyl carbamates (subject to hydrolysis) is 1. The Morgan fingerprint density at radius 3 is 2.78 bits per heavy atom. The van der Waals surface area contributed by atoms with Crippen molar-refractivity contribution in [1.29, 1.82) is 0 Å². The van der Waals surface area contributed by atoms with Crippen LogP contribution in [0.25, 0.3) is 10.2 Å². The third-order valence-electron chi connectivity index (χ3n) is 2.12. The van der Waals surface area contributed by atoms with Gasteiger partial charge >= 0.3 is 6.09 Å². The number of carbonyl (C=O) groups is 1. The molecular formula is C13H16N2O2S. The molecule has 0 radical (unpaired) electrons. The fraction of sp³-hybridized carbons (Fsp3) is 0.385. The number of para-hydroxylation sites is 1. The second kappa shape index (κ2) is 4.94. The number of nitrogens with zero attached hydrogens (tertiary/aromatic N) is 1. The summed E-state index contributed by atoms with van der Waals surface area (Å²) >= 11 is 1.58. The van der Waals surface area contributed by atoms with Crippen LogP contribution in [0.15, 0.2) is 24.3 Å². The van der Waals surface area contributed by atoms with Gasteiger partial charge in [0.05, 0.1) is 16.8 Å². The Hall–Kier alpha value is -1.62. The number of amides is 1. The van der Waals surface area contributed by atoms with E-state index < -0.39 is 11.7 Å². The van der Waals surface area contributed by atoms with Crippen molar-refractivity contribution in [2.24, 2.45) is 0 Å². The normalized spacial score (nSPS) is 11.5. The van der Waals surface area contributed by atoms with Crippen LogP contribution < -0.4 is 5.32 Å². The molecule has 0 unspecified atom stereocenters. The summed E-state index contributed by atoms with van der Waals surface area (Å²) < 4.78 is 6.28. The van der Waals surface area contributed by atoms with E-state index in [2.05, 4.69) is 10.3 Å². The van der Waals surface area contributed by atoms with Gasteiger partial charge in [-0.2, -0.15) is 0 Å². The van der Waals surface area contributed by atoms with Crippen LogP contribution in [0.2, 0.25) is 0 Å². The molecule has 0 aliphatic carbocycles. The van der Waals surface area contributed by atoms with Gasteiger partial charge in [-0.1, -0.05) is 12.1 Å². The monoisotopic (exact) mass is 264 g/mol. The van der Waals surface area contributed by atoms with Crippen molar-refractivity contribution in [2.45, 2.75) is 32.9 Å². The van der Waals surface area contributed by atoms with Gasteiger partial charge in [-0.25, -0.2) is 9.78 Å². The van der Waals surface area contributed by atoms with Gasteiger partial charge < -0.3 is 10.1 Å². The van der Waals surface area contributed by atoms with E-state index in [0.29, 0.717) is 6.54 Å². The van der Waals surface area contributed by atoms with Crippen molar-refractivity contribution in [1.82, 2.24) is 10.3 Å². The molecule has 0 saturated heterocycles. The first-order valence-electron chi connectivity index (χ1n) is 5.75. The van der Waals surface area contributed by atoms with Gasteiger partial charge in [0.1, 0.15) is 10.6 Å². The van der Waals surface area contributed by atoms with Gasteiger partial charge in [0.15, 0.2) is 0 Å². The zero-order chi connectivity index (χ0) is 13.2. The number of fused-ring (bicyclic) bond motifs is 1. The summed E-state index contributed by atoms with van der Waals surface area (Å²) in [5, 5.41) is 3.58. The maximum atomic E-state index is 11.5.